The lowest BCUT2D eigenvalue weighted by molar-refractivity contribution is 0.0909. The van der Waals surface area contributed by atoms with E-state index in [2.05, 4.69) is 5.32 Å². The summed E-state index contributed by atoms with van der Waals surface area (Å²) in [4.78, 5) is 12.1. The molecule has 0 saturated heterocycles. The van der Waals surface area contributed by atoms with E-state index in [0.29, 0.717) is 17.9 Å². The summed E-state index contributed by atoms with van der Waals surface area (Å²) in [6.45, 7) is 0.595. The van der Waals surface area contributed by atoms with Gasteiger partial charge in [0.25, 0.3) is 5.91 Å². The third-order valence-electron chi connectivity index (χ3n) is 3.87. The molecule has 1 aliphatic rings. The van der Waals surface area contributed by atoms with Crippen LogP contribution >= 0.6 is 0 Å². The van der Waals surface area contributed by atoms with Gasteiger partial charge >= 0.3 is 0 Å². The molecular weight excluding hydrogens is 258 g/mol. The summed E-state index contributed by atoms with van der Waals surface area (Å²) in [6.07, 6.45) is 1.91. The van der Waals surface area contributed by atoms with Gasteiger partial charge in [-0.15, -0.1) is 0 Å². The summed E-state index contributed by atoms with van der Waals surface area (Å²) in [5, 5.41) is 12.9. The van der Waals surface area contributed by atoms with Crippen molar-refractivity contribution in [2.45, 2.75) is 12.8 Å². The van der Waals surface area contributed by atoms with Crippen molar-refractivity contribution in [3.8, 4) is 5.75 Å². The predicted octanol–water partition coefficient (Wildman–Crippen LogP) is 1.94. The molecule has 2 N–H and O–H groups in total. The molecule has 0 bridgehead atoms. The van der Waals surface area contributed by atoms with Crippen LogP contribution in [-0.2, 0) is 0 Å². The van der Waals surface area contributed by atoms with Gasteiger partial charge in [-0.1, -0.05) is 12.1 Å². The van der Waals surface area contributed by atoms with Gasteiger partial charge in [0.1, 0.15) is 0 Å². The lowest BCUT2D eigenvalue weighted by atomic mass is 10.1. The Morgan fingerprint density at radius 1 is 1.50 bits per heavy atom. The highest BCUT2D eigenvalue weighted by Crippen LogP contribution is 2.44. The summed E-state index contributed by atoms with van der Waals surface area (Å²) in [7, 11) is 1.56. The second kappa shape index (κ2) is 4.83. The third-order valence-corrected chi connectivity index (χ3v) is 3.87. The number of furan rings is 1. The SMILES string of the molecule is COc1cccc2cc(C(=O)NCC3(CO)CC3)oc12. The number of hydrogen-bond acceptors (Lipinski definition) is 4. The quantitative estimate of drug-likeness (QED) is 0.874. The van der Waals surface area contributed by atoms with Crippen LogP contribution in [0.1, 0.15) is 23.4 Å². The highest BCUT2D eigenvalue weighted by atomic mass is 16.5. The smallest absolute Gasteiger partial charge is 0.287 e. The van der Waals surface area contributed by atoms with E-state index in [4.69, 9.17) is 9.15 Å². The number of amides is 1. The Kier molecular flexibility index (Phi) is 3.14. The molecular formula is C15H17NO4. The van der Waals surface area contributed by atoms with Gasteiger partial charge in [0.05, 0.1) is 13.7 Å². The van der Waals surface area contributed by atoms with Crippen molar-refractivity contribution in [1.82, 2.24) is 5.32 Å². The molecule has 1 amide bonds. The zero-order valence-electron chi connectivity index (χ0n) is 11.3. The minimum Gasteiger partial charge on any atom is -0.493 e. The van der Waals surface area contributed by atoms with E-state index in [1.807, 2.05) is 12.1 Å². The second-order valence-electron chi connectivity index (χ2n) is 5.33. The topological polar surface area (TPSA) is 71.7 Å². The van der Waals surface area contributed by atoms with Gasteiger partial charge in [-0.2, -0.15) is 0 Å². The normalized spacial score (nSPS) is 16.1. The van der Waals surface area contributed by atoms with Crippen LogP contribution in [0.25, 0.3) is 11.0 Å². The number of methoxy groups -OCH3 is 1. The Bertz CT molecular complexity index is 642. The van der Waals surface area contributed by atoms with Crippen molar-refractivity contribution in [1.29, 1.82) is 0 Å². The second-order valence-corrected chi connectivity index (χ2v) is 5.33. The van der Waals surface area contributed by atoms with Crippen LogP contribution in [0.15, 0.2) is 28.7 Å². The van der Waals surface area contributed by atoms with Crippen LogP contribution < -0.4 is 10.1 Å². The molecule has 0 radical (unpaired) electrons. The summed E-state index contributed by atoms with van der Waals surface area (Å²) < 4.78 is 10.8. The number of fused-ring (bicyclic) bond motifs is 1. The van der Waals surface area contributed by atoms with Crippen LogP contribution in [0.5, 0.6) is 5.75 Å². The lowest BCUT2D eigenvalue weighted by Crippen LogP contribution is -2.31. The van der Waals surface area contributed by atoms with Gasteiger partial charge in [-0.05, 0) is 25.0 Å². The number of aliphatic hydroxyl groups excluding tert-OH is 1. The number of rotatable bonds is 5. The van der Waals surface area contributed by atoms with Crippen LogP contribution in [0, 0.1) is 5.41 Å². The molecule has 1 aromatic carbocycles. The Morgan fingerprint density at radius 3 is 2.95 bits per heavy atom. The zero-order chi connectivity index (χ0) is 14.2. The summed E-state index contributed by atoms with van der Waals surface area (Å²) >= 11 is 0. The Morgan fingerprint density at radius 2 is 2.30 bits per heavy atom. The molecule has 2 aromatic rings. The van der Waals surface area contributed by atoms with E-state index in [0.717, 1.165) is 18.2 Å². The molecule has 0 aliphatic heterocycles. The van der Waals surface area contributed by atoms with Crippen molar-refractivity contribution in [2.24, 2.45) is 5.41 Å². The molecule has 20 heavy (non-hydrogen) atoms. The maximum atomic E-state index is 12.1. The van der Waals surface area contributed by atoms with Gasteiger partial charge in [-0.25, -0.2) is 0 Å². The summed E-state index contributed by atoms with van der Waals surface area (Å²) in [5.41, 5.74) is 0.461. The molecule has 1 heterocycles. The maximum Gasteiger partial charge on any atom is 0.287 e. The fourth-order valence-corrected chi connectivity index (χ4v) is 2.23. The van der Waals surface area contributed by atoms with Crippen LogP contribution in [-0.4, -0.2) is 31.3 Å². The predicted molar refractivity (Wildman–Crippen MR) is 73.9 cm³/mol. The molecule has 0 atom stereocenters. The average molecular weight is 275 g/mol. The van der Waals surface area contributed by atoms with Gasteiger partial charge in [-0.3, -0.25) is 4.79 Å². The number of nitrogens with one attached hydrogen (secondary N) is 1. The molecule has 1 fully saturated rings. The van der Waals surface area contributed by atoms with Crippen LogP contribution in [0.4, 0.5) is 0 Å². The molecule has 0 spiro atoms. The van der Waals surface area contributed by atoms with Crippen molar-refractivity contribution >= 4 is 16.9 Å². The average Bonchev–Trinajstić information content (AvgIpc) is 3.13. The van der Waals surface area contributed by atoms with Gasteiger partial charge in [0, 0.05) is 17.3 Å². The highest BCUT2D eigenvalue weighted by Gasteiger charge is 2.42. The largest absolute Gasteiger partial charge is 0.493 e. The molecule has 1 saturated carbocycles. The number of ether oxygens (including phenoxy) is 1. The molecule has 5 nitrogen and oxygen atoms in total. The number of aliphatic hydroxyl groups is 1. The highest BCUT2D eigenvalue weighted by molar-refractivity contribution is 5.97. The first-order valence-corrected chi connectivity index (χ1v) is 6.63. The van der Waals surface area contributed by atoms with E-state index in [9.17, 15) is 9.90 Å². The fraction of sp³-hybridized carbons (Fsp3) is 0.400. The Labute approximate surface area is 116 Å². The van der Waals surface area contributed by atoms with Crippen molar-refractivity contribution in [3.63, 3.8) is 0 Å². The first-order chi connectivity index (χ1) is 9.67. The number of para-hydroxylation sites is 1. The number of carbonyl (C=O) groups is 1. The minimum absolute atomic E-state index is 0.112. The van der Waals surface area contributed by atoms with Crippen molar-refractivity contribution in [3.05, 3.63) is 30.0 Å². The molecule has 3 rings (SSSR count). The minimum atomic E-state index is -0.261. The first-order valence-electron chi connectivity index (χ1n) is 6.63. The Hall–Kier alpha value is -2.01. The van der Waals surface area contributed by atoms with Crippen molar-refractivity contribution < 1.29 is 19.1 Å². The van der Waals surface area contributed by atoms with E-state index in [1.54, 1.807) is 19.2 Å². The van der Waals surface area contributed by atoms with E-state index >= 15 is 0 Å². The van der Waals surface area contributed by atoms with Gasteiger partial charge in [0.15, 0.2) is 17.1 Å². The Balaban J connectivity index is 1.78. The van der Waals surface area contributed by atoms with Gasteiger partial charge in [0.2, 0.25) is 0 Å². The maximum absolute atomic E-state index is 12.1. The molecule has 1 aliphatic carbocycles. The van der Waals surface area contributed by atoms with Crippen LogP contribution in [0.3, 0.4) is 0 Å². The van der Waals surface area contributed by atoms with Gasteiger partial charge < -0.3 is 19.6 Å². The number of benzene rings is 1. The lowest BCUT2D eigenvalue weighted by Gasteiger charge is -2.11. The monoisotopic (exact) mass is 275 g/mol. The molecule has 106 valence electrons. The third kappa shape index (κ3) is 2.25. The van der Waals surface area contributed by atoms with E-state index in [1.165, 1.54) is 0 Å². The fourth-order valence-electron chi connectivity index (χ4n) is 2.23. The molecule has 1 aromatic heterocycles. The summed E-state index contributed by atoms with van der Waals surface area (Å²) in [5.74, 6) is 0.608. The van der Waals surface area contributed by atoms with Crippen LogP contribution in [0.2, 0.25) is 0 Å². The standard InChI is InChI=1S/C15H17NO4/c1-19-11-4-2-3-10-7-12(20-13(10)11)14(18)16-8-15(9-17)5-6-15/h2-4,7,17H,5-6,8-9H2,1H3,(H,16,18). The van der Waals surface area contributed by atoms with E-state index in [-0.39, 0.29) is 23.7 Å². The number of carbonyl (C=O) groups excluding carboxylic acids is 1. The first kappa shape index (κ1) is 13.0. The zero-order valence-corrected chi connectivity index (χ0v) is 11.3. The number of hydrogen-bond donors (Lipinski definition) is 2. The molecule has 5 heteroatoms. The van der Waals surface area contributed by atoms with E-state index < -0.39 is 0 Å². The molecule has 0 unspecified atom stereocenters. The van der Waals surface area contributed by atoms with Crippen molar-refractivity contribution in [2.75, 3.05) is 20.3 Å². The summed E-state index contributed by atoms with van der Waals surface area (Å²) in [6, 6.07) is 7.21.